The maximum absolute atomic E-state index is 11.3. The fraction of sp³-hybridized carbons (Fsp3) is 0.200. The molecule has 0 aromatic heterocycles. The van der Waals surface area contributed by atoms with Crippen LogP contribution in [-0.4, -0.2) is 25.8 Å². The van der Waals surface area contributed by atoms with Crippen molar-refractivity contribution < 1.29 is 9.59 Å². The van der Waals surface area contributed by atoms with Gasteiger partial charge in [0, 0.05) is 19.8 Å². The van der Waals surface area contributed by atoms with Gasteiger partial charge in [0.15, 0.2) is 0 Å². The molecule has 0 radical (unpaired) electrons. The maximum atomic E-state index is 11.3. The molecule has 1 aliphatic heterocycles. The summed E-state index contributed by atoms with van der Waals surface area (Å²) in [5.74, 6) is -0.999. The summed E-state index contributed by atoms with van der Waals surface area (Å²) in [4.78, 5) is 24.2. The number of nitrogens with one attached hydrogen (secondary N) is 1. The van der Waals surface area contributed by atoms with E-state index in [0.717, 1.165) is 5.69 Å². The molecule has 72 valence electrons. The van der Waals surface area contributed by atoms with E-state index in [1.165, 1.54) is 0 Å². The fourth-order valence-corrected chi connectivity index (χ4v) is 1.41. The fourth-order valence-electron chi connectivity index (χ4n) is 1.41. The molecule has 0 aliphatic carbocycles. The molecule has 0 bridgehead atoms. The van der Waals surface area contributed by atoms with Gasteiger partial charge in [0.1, 0.15) is 0 Å². The van der Waals surface area contributed by atoms with Crippen LogP contribution in [0.25, 0.3) is 0 Å². The van der Waals surface area contributed by atoms with Crippen LogP contribution in [0, 0.1) is 0 Å². The molecule has 1 aliphatic rings. The lowest BCUT2D eigenvalue weighted by atomic mass is 10.1. The number of amides is 1. The lowest BCUT2D eigenvalue weighted by molar-refractivity contribution is -0.112. The summed E-state index contributed by atoms with van der Waals surface area (Å²) in [6.45, 7) is 0. The van der Waals surface area contributed by atoms with Crippen LogP contribution in [0.15, 0.2) is 18.2 Å². The zero-order valence-corrected chi connectivity index (χ0v) is 8.00. The van der Waals surface area contributed by atoms with E-state index >= 15 is 0 Å². The van der Waals surface area contributed by atoms with Gasteiger partial charge in [-0.1, -0.05) is 0 Å². The number of nitrogens with zero attached hydrogens (tertiary/aromatic N) is 1. The third kappa shape index (κ3) is 1.16. The van der Waals surface area contributed by atoms with Crippen molar-refractivity contribution in [2.45, 2.75) is 0 Å². The van der Waals surface area contributed by atoms with Gasteiger partial charge < -0.3 is 10.2 Å². The quantitative estimate of drug-likeness (QED) is 0.669. The van der Waals surface area contributed by atoms with Crippen molar-refractivity contribution in [1.29, 1.82) is 0 Å². The van der Waals surface area contributed by atoms with Crippen molar-refractivity contribution in [3.8, 4) is 0 Å². The van der Waals surface area contributed by atoms with Crippen molar-refractivity contribution in [1.82, 2.24) is 0 Å². The second kappa shape index (κ2) is 2.83. The lowest BCUT2D eigenvalue weighted by Gasteiger charge is -2.12. The number of hydrogen-bond acceptors (Lipinski definition) is 3. The van der Waals surface area contributed by atoms with Crippen molar-refractivity contribution >= 4 is 23.1 Å². The molecule has 4 heteroatoms. The van der Waals surface area contributed by atoms with Gasteiger partial charge in [-0.3, -0.25) is 9.59 Å². The molecule has 0 unspecified atom stereocenters. The van der Waals surface area contributed by atoms with Gasteiger partial charge in [-0.25, -0.2) is 0 Å². The van der Waals surface area contributed by atoms with Gasteiger partial charge in [0.05, 0.1) is 11.3 Å². The molecule has 0 spiro atoms. The average Bonchev–Trinajstić information content (AvgIpc) is 2.42. The highest BCUT2D eigenvalue weighted by Gasteiger charge is 2.27. The number of ketones is 1. The summed E-state index contributed by atoms with van der Waals surface area (Å²) in [6.07, 6.45) is 0. The summed E-state index contributed by atoms with van der Waals surface area (Å²) in [5, 5.41) is 2.53. The predicted octanol–water partition coefficient (Wildman–Crippen LogP) is 0.887. The minimum atomic E-state index is -0.545. The second-order valence-electron chi connectivity index (χ2n) is 3.41. The van der Waals surface area contributed by atoms with E-state index in [4.69, 9.17) is 0 Å². The van der Waals surface area contributed by atoms with Gasteiger partial charge in [0.2, 0.25) is 0 Å². The van der Waals surface area contributed by atoms with Crippen LogP contribution in [0.4, 0.5) is 11.4 Å². The molecule has 1 amide bonds. The molecule has 14 heavy (non-hydrogen) atoms. The number of fused-ring (bicyclic) bond motifs is 1. The molecular formula is C10H10N2O2. The Kier molecular flexibility index (Phi) is 1.77. The molecular weight excluding hydrogens is 180 g/mol. The summed E-state index contributed by atoms with van der Waals surface area (Å²) in [7, 11) is 3.81. The Balaban J connectivity index is 2.49. The molecule has 4 nitrogen and oxygen atoms in total. The molecule has 1 N–H and O–H groups in total. The third-order valence-electron chi connectivity index (χ3n) is 2.22. The zero-order valence-electron chi connectivity index (χ0n) is 8.00. The number of carbonyl (C=O) groups is 2. The summed E-state index contributed by atoms with van der Waals surface area (Å²) < 4.78 is 0. The first-order valence-electron chi connectivity index (χ1n) is 4.26. The van der Waals surface area contributed by atoms with E-state index in [-0.39, 0.29) is 0 Å². The number of Topliss-reactive ketones (excluding diaryl/α,β-unsaturated/α-hetero) is 1. The number of benzene rings is 1. The first-order valence-corrected chi connectivity index (χ1v) is 4.26. The second-order valence-corrected chi connectivity index (χ2v) is 3.41. The van der Waals surface area contributed by atoms with Crippen LogP contribution in [0.2, 0.25) is 0 Å². The highest BCUT2D eigenvalue weighted by atomic mass is 16.2. The average molecular weight is 190 g/mol. The Bertz CT molecular complexity index is 424. The standard InChI is InChI=1S/C10H10N2O2/c1-12(2)6-3-4-7-8(5-6)11-10(14)9(7)13/h3-5H,1-2H3,(H,11,13,14). The zero-order chi connectivity index (χ0) is 10.3. The highest BCUT2D eigenvalue weighted by Crippen LogP contribution is 2.27. The summed E-state index contributed by atoms with van der Waals surface area (Å²) in [6, 6.07) is 5.28. The maximum Gasteiger partial charge on any atom is 0.296 e. The molecule has 1 heterocycles. The molecule has 1 aromatic carbocycles. The Hall–Kier alpha value is -1.84. The van der Waals surface area contributed by atoms with Crippen LogP contribution >= 0.6 is 0 Å². The molecule has 0 fully saturated rings. The van der Waals surface area contributed by atoms with E-state index in [9.17, 15) is 9.59 Å². The van der Waals surface area contributed by atoms with Crippen molar-refractivity contribution in [3.05, 3.63) is 23.8 Å². The van der Waals surface area contributed by atoms with Gasteiger partial charge >= 0.3 is 0 Å². The number of carbonyl (C=O) groups excluding carboxylic acids is 2. The predicted molar refractivity (Wildman–Crippen MR) is 53.7 cm³/mol. The van der Waals surface area contributed by atoms with Crippen LogP contribution in [0.5, 0.6) is 0 Å². The number of rotatable bonds is 1. The lowest BCUT2D eigenvalue weighted by Crippen LogP contribution is -2.12. The summed E-state index contributed by atoms with van der Waals surface area (Å²) in [5.41, 5.74) is 2.02. The Morgan fingerprint density at radius 2 is 1.93 bits per heavy atom. The van der Waals surface area contributed by atoms with Crippen LogP contribution in [0.1, 0.15) is 10.4 Å². The molecule has 0 saturated heterocycles. The van der Waals surface area contributed by atoms with Crippen LogP contribution in [-0.2, 0) is 4.79 Å². The van der Waals surface area contributed by atoms with E-state index in [1.54, 1.807) is 12.1 Å². The Morgan fingerprint density at radius 3 is 2.57 bits per heavy atom. The number of anilines is 2. The first kappa shape index (κ1) is 8.74. The van der Waals surface area contributed by atoms with E-state index in [2.05, 4.69) is 5.32 Å². The normalized spacial score (nSPS) is 13.9. The van der Waals surface area contributed by atoms with Crippen molar-refractivity contribution in [3.63, 3.8) is 0 Å². The SMILES string of the molecule is CN(C)c1ccc2c(c1)NC(=O)C2=O. The Labute approximate surface area is 81.5 Å². The van der Waals surface area contributed by atoms with E-state index < -0.39 is 11.7 Å². The monoisotopic (exact) mass is 190 g/mol. The molecule has 0 saturated carbocycles. The topological polar surface area (TPSA) is 49.4 Å². The minimum Gasteiger partial charge on any atom is -0.378 e. The number of hydrogen-bond donors (Lipinski definition) is 1. The van der Waals surface area contributed by atoms with Crippen LogP contribution < -0.4 is 10.2 Å². The first-order chi connectivity index (χ1) is 6.59. The van der Waals surface area contributed by atoms with Gasteiger partial charge in [-0.15, -0.1) is 0 Å². The van der Waals surface area contributed by atoms with Gasteiger partial charge in [-0.2, -0.15) is 0 Å². The van der Waals surface area contributed by atoms with Gasteiger partial charge in [-0.05, 0) is 18.2 Å². The Morgan fingerprint density at radius 1 is 1.21 bits per heavy atom. The largest absolute Gasteiger partial charge is 0.378 e. The van der Waals surface area contributed by atoms with E-state index in [1.807, 2.05) is 25.1 Å². The van der Waals surface area contributed by atoms with Crippen molar-refractivity contribution in [2.75, 3.05) is 24.3 Å². The molecule has 0 atom stereocenters. The molecule has 2 rings (SSSR count). The third-order valence-corrected chi connectivity index (χ3v) is 2.22. The minimum absolute atomic E-state index is 0.453. The van der Waals surface area contributed by atoms with Crippen LogP contribution in [0.3, 0.4) is 0 Å². The van der Waals surface area contributed by atoms with E-state index in [0.29, 0.717) is 11.3 Å². The van der Waals surface area contributed by atoms with Gasteiger partial charge in [0.25, 0.3) is 11.7 Å². The summed E-state index contributed by atoms with van der Waals surface area (Å²) >= 11 is 0. The molecule has 1 aromatic rings. The highest BCUT2D eigenvalue weighted by molar-refractivity contribution is 6.51. The smallest absolute Gasteiger partial charge is 0.296 e. The van der Waals surface area contributed by atoms with Crippen molar-refractivity contribution in [2.24, 2.45) is 0 Å².